The van der Waals surface area contributed by atoms with Gasteiger partial charge in [0.25, 0.3) is 0 Å². The van der Waals surface area contributed by atoms with Gasteiger partial charge >= 0.3 is 0 Å². The van der Waals surface area contributed by atoms with E-state index >= 15 is 0 Å². The number of nitrogens with zero attached hydrogens (tertiary/aromatic N) is 4. The van der Waals surface area contributed by atoms with Crippen LogP contribution in [0.5, 0.6) is 0 Å². The Bertz CT molecular complexity index is 826. The first-order chi connectivity index (χ1) is 11.8. The molecule has 1 saturated carbocycles. The number of dihydropyridines is 1. The predicted octanol–water partition coefficient (Wildman–Crippen LogP) is 3.76. The van der Waals surface area contributed by atoms with Crippen molar-refractivity contribution in [1.82, 2.24) is 15.0 Å². The Labute approximate surface area is 141 Å². The molecule has 5 nitrogen and oxygen atoms in total. The molecular weight excluding hydrogens is 298 g/mol. The molecule has 122 valence electrons. The molecule has 2 aliphatic rings. The molecular formula is C19H21N5. The molecule has 4 rings (SSSR count). The van der Waals surface area contributed by atoms with E-state index in [1.165, 1.54) is 19.3 Å². The average Bonchev–Trinajstić information content (AvgIpc) is 3.11. The van der Waals surface area contributed by atoms with Gasteiger partial charge in [0.05, 0.1) is 11.8 Å². The van der Waals surface area contributed by atoms with E-state index in [0.717, 1.165) is 35.3 Å². The number of hydrogen-bond donors (Lipinski definition) is 1. The first-order valence-electron chi connectivity index (χ1n) is 8.72. The number of aliphatic imine (C=N–C) groups is 1. The van der Waals surface area contributed by atoms with Crippen LogP contribution in [0.2, 0.25) is 0 Å². The lowest BCUT2D eigenvalue weighted by atomic mass is 9.73. The molecule has 0 saturated heterocycles. The molecule has 0 radical (unpaired) electrons. The van der Waals surface area contributed by atoms with Crippen molar-refractivity contribution < 1.29 is 0 Å². The molecule has 1 N–H and O–H groups in total. The molecule has 0 aromatic carbocycles. The minimum absolute atomic E-state index is 0.454. The van der Waals surface area contributed by atoms with E-state index in [-0.39, 0.29) is 0 Å². The summed E-state index contributed by atoms with van der Waals surface area (Å²) in [5, 5.41) is 10.0. The number of aromatic nitrogens is 3. The van der Waals surface area contributed by atoms with Crippen LogP contribution in [-0.2, 0) is 0 Å². The van der Waals surface area contributed by atoms with Crippen molar-refractivity contribution in [2.45, 2.75) is 32.1 Å². The van der Waals surface area contributed by atoms with Crippen molar-refractivity contribution in [3.8, 4) is 6.07 Å². The number of nitrogens with one attached hydrogen (secondary N) is 1. The van der Waals surface area contributed by atoms with Gasteiger partial charge in [-0.2, -0.15) is 5.26 Å². The van der Waals surface area contributed by atoms with Crippen LogP contribution < -0.4 is 0 Å². The topological polar surface area (TPSA) is 77.7 Å². The molecule has 0 bridgehead atoms. The van der Waals surface area contributed by atoms with Crippen molar-refractivity contribution in [2.24, 2.45) is 22.7 Å². The lowest BCUT2D eigenvalue weighted by Crippen LogP contribution is -2.25. The van der Waals surface area contributed by atoms with E-state index in [0.29, 0.717) is 24.2 Å². The molecule has 2 aromatic heterocycles. The number of hydrogen-bond acceptors (Lipinski definition) is 4. The monoisotopic (exact) mass is 319 g/mol. The Morgan fingerprint density at radius 3 is 3.17 bits per heavy atom. The quantitative estimate of drug-likeness (QED) is 0.935. The molecule has 2 aromatic rings. The third-order valence-electron chi connectivity index (χ3n) is 5.38. The van der Waals surface area contributed by atoms with E-state index < -0.39 is 0 Å². The lowest BCUT2D eigenvalue weighted by Gasteiger charge is -2.33. The van der Waals surface area contributed by atoms with Crippen LogP contribution >= 0.6 is 0 Å². The lowest BCUT2D eigenvalue weighted by molar-refractivity contribution is 0.225. The van der Waals surface area contributed by atoms with Crippen molar-refractivity contribution in [3.63, 3.8) is 0 Å². The average molecular weight is 319 g/mol. The normalized spacial score (nSPS) is 27.0. The second-order valence-corrected chi connectivity index (χ2v) is 6.90. The summed E-state index contributed by atoms with van der Waals surface area (Å²) in [5.74, 6) is 1.65. The third kappa shape index (κ3) is 2.84. The number of allylic oxidation sites excluding steroid dienone is 1. The molecule has 24 heavy (non-hydrogen) atoms. The summed E-state index contributed by atoms with van der Waals surface area (Å²) in [6, 6.07) is 4.37. The van der Waals surface area contributed by atoms with Crippen LogP contribution in [0.1, 0.15) is 37.8 Å². The fourth-order valence-corrected chi connectivity index (χ4v) is 4.16. The van der Waals surface area contributed by atoms with Crippen LogP contribution in [-0.4, -0.2) is 27.7 Å². The van der Waals surface area contributed by atoms with Gasteiger partial charge < -0.3 is 4.98 Å². The van der Waals surface area contributed by atoms with Gasteiger partial charge in [-0.1, -0.05) is 12.5 Å². The van der Waals surface area contributed by atoms with Gasteiger partial charge in [-0.3, -0.25) is 4.99 Å². The molecule has 1 aliphatic heterocycles. The SMILES string of the molecule is N#CCC1CCCC(C2C=C(c3ncnc4[nH]ccc34)C=NC2)C1. The van der Waals surface area contributed by atoms with Crippen LogP contribution in [0, 0.1) is 29.1 Å². The van der Waals surface area contributed by atoms with Crippen molar-refractivity contribution in [3.05, 3.63) is 30.4 Å². The molecule has 1 fully saturated rings. The Hall–Kier alpha value is -2.48. The van der Waals surface area contributed by atoms with Gasteiger partial charge in [0.2, 0.25) is 0 Å². The molecule has 0 spiro atoms. The van der Waals surface area contributed by atoms with Crippen LogP contribution in [0.25, 0.3) is 16.6 Å². The fraction of sp³-hybridized carbons (Fsp3) is 0.474. The molecule has 3 unspecified atom stereocenters. The first kappa shape index (κ1) is 15.1. The highest BCUT2D eigenvalue weighted by Gasteiger charge is 2.28. The number of H-pyrrole nitrogens is 1. The van der Waals surface area contributed by atoms with Crippen LogP contribution in [0.3, 0.4) is 0 Å². The minimum Gasteiger partial charge on any atom is -0.346 e. The molecule has 3 atom stereocenters. The highest BCUT2D eigenvalue weighted by atomic mass is 14.9. The number of nitriles is 1. The van der Waals surface area contributed by atoms with Gasteiger partial charge in [0.15, 0.2) is 0 Å². The summed E-state index contributed by atoms with van der Waals surface area (Å²) in [4.78, 5) is 16.5. The van der Waals surface area contributed by atoms with Gasteiger partial charge in [0.1, 0.15) is 12.0 Å². The second-order valence-electron chi connectivity index (χ2n) is 6.90. The number of fused-ring (bicyclic) bond motifs is 1. The molecule has 3 heterocycles. The summed E-state index contributed by atoms with van der Waals surface area (Å²) in [7, 11) is 0. The standard InChI is InChI=1S/C19H21N5/c20-6-4-13-2-1-3-14(8-13)15-9-16(11-21-10-15)18-17-5-7-22-19(17)24-12-23-18/h5,7,9,11-15H,1-4,8,10H2,(H,22,23,24). The summed E-state index contributed by atoms with van der Waals surface area (Å²) < 4.78 is 0. The van der Waals surface area contributed by atoms with Crippen LogP contribution in [0.15, 0.2) is 29.7 Å². The Morgan fingerprint density at radius 1 is 1.29 bits per heavy atom. The Kier molecular flexibility index (Phi) is 4.12. The zero-order valence-electron chi connectivity index (χ0n) is 13.7. The highest BCUT2D eigenvalue weighted by Crippen LogP contribution is 2.38. The highest BCUT2D eigenvalue weighted by molar-refractivity contribution is 6.13. The summed E-state index contributed by atoms with van der Waals surface area (Å²) in [6.45, 7) is 0.856. The zero-order valence-corrected chi connectivity index (χ0v) is 13.7. The largest absolute Gasteiger partial charge is 0.346 e. The van der Waals surface area contributed by atoms with Crippen LogP contribution in [0.4, 0.5) is 0 Å². The second kappa shape index (κ2) is 6.56. The minimum atomic E-state index is 0.454. The summed E-state index contributed by atoms with van der Waals surface area (Å²) in [5.41, 5.74) is 2.92. The summed E-state index contributed by atoms with van der Waals surface area (Å²) in [6.07, 6.45) is 13.3. The number of aromatic amines is 1. The predicted molar refractivity (Wildman–Crippen MR) is 94.4 cm³/mol. The molecule has 0 amide bonds. The Balaban J connectivity index is 1.60. The maximum absolute atomic E-state index is 8.98. The van der Waals surface area contributed by atoms with E-state index in [1.807, 2.05) is 18.5 Å². The van der Waals surface area contributed by atoms with Gasteiger partial charge in [-0.15, -0.1) is 0 Å². The fourth-order valence-electron chi connectivity index (χ4n) is 4.16. The van der Waals surface area contributed by atoms with Crippen molar-refractivity contribution >= 4 is 22.8 Å². The van der Waals surface area contributed by atoms with Gasteiger partial charge in [-0.25, -0.2) is 9.97 Å². The first-order valence-corrected chi connectivity index (χ1v) is 8.72. The van der Waals surface area contributed by atoms with Crippen molar-refractivity contribution in [1.29, 1.82) is 5.26 Å². The Morgan fingerprint density at radius 2 is 2.25 bits per heavy atom. The maximum atomic E-state index is 8.98. The smallest absolute Gasteiger partial charge is 0.141 e. The van der Waals surface area contributed by atoms with E-state index in [9.17, 15) is 0 Å². The summed E-state index contributed by atoms with van der Waals surface area (Å²) >= 11 is 0. The maximum Gasteiger partial charge on any atom is 0.141 e. The molecule has 5 heteroatoms. The zero-order chi connectivity index (χ0) is 16.4. The number of rotatable bonds is 3. The van der Waals surface area contributed by atoms with Gasteiger partial charge in [-0.05, 0) is 37.2 Å². The van der Waals surface area contributed by atoms with Crippen molar-refractivity contribution in [2.75, 3.05) is 6.54 Å². The molecule has 1 aliphatic carbocycles. The third-order valence-corrected chi connectivity index (χ3v) is 5.38. The van der Waals surface area contributed by atoms with E-state index in [4.69, 9.17) is 5.26 Å². The van der Waals surface area contributed by atoms with Gasteiger partial charge in [0, 0.05) is 42.3 Å². The van der Waals surface area contributed by atoms with E-state index in [1.54, 1.807) is 6.33 Å². The van der Waals surface area contributed by atoms with E-state index in [2.05, 4.69) is 32.1 Å².